The molecule has 0 aromatic heterocycles. The first-order chi connectivity index (χ1) is 8.49. The van der Waals surface area contributed by atoms with Gasteiger partial charge in [-0.25, -0.2) is 0 Å². The molecule has 0 aliphatic heterocycles. The van der Waals surface area contributed by atoms with E-state index in [0.717, 1.165) is 31.2 Å². The molecule has 1 aliphatic carbocycles. The molecular weight excluding hydrogens is 228 g/mol. The third-order valence-corrected chi connectivity index (χ3v) is 3.42. The first kappa shape index (κ1) is 12.9. The Hall–Kier alpha value is -1.55. The van der Waals surface area contributed by atoms with Crippen molar-refractivity contribution >= 4 is 5.91 Å². The molecule has 1 atom stereocenters. The fourth-order valence-electron chi connectivity index (χ4n) is 1.85. The number of hydrogen-bond acceptors (Lipinski definition) is 3. The molecule has 4 nitrogen and oxygen atoms in total. The Bertz CT molecular complexity index is 424. The topological polar surface area (TPSA) is 75.3 Å². The molecular formula is C14H20N2O2. The monoisotopic (exact) mass is 248 g/mol. The summed E-state index contributed by atoms with van der Waals surface area (Å²) in [6.45, 7) is 1.99. The number of carbonyl (C=O) groups is 1. The number of nitrogens with one attached hydrogen (secondary N) is 1. The number of rotatable bonds is 5. The van der Waals surface area contributed by atoms with E-state index < -0.39 is 5.54 Å². The van der Waals surface area contributed by atoms with Crippen LogP contribution in [0.4, 0.5) is 0 Å². The minimum Gasteiger partial charge on any atom is -0.508 e. The minimum atomic E-state index is -0.590. The number of phenols is 1. The highest BCUT2D eigenvalue weighted by atomic mass is 16.3. The van der Waals surface area contributed by atoms with Crippen LogP contribution in [0.5, 0.6) is 5.75 Å². The van der Waals surface area contributed by atoms with Gasteiger partial charge >= 0.3 is 0 Å². The average Bonchev–Trinajstić information content (AvgIpc) is 3.08. The molecule has 1 unspecified atom stereocenters. The van der Waals surface area contributed by atoms with E-state index in [2.05, 4.69) is 5.32 Å². The van der Waals surface area contributed by atoms with Gasteiger partial charge < -0.3 is 16.2 Å². The summed E-state index contributed by atoms with van der Waals surface area (Å²) in [4.78, 5) is 11.7. The smallest absolute Gasteiger partial charge is 0.240 e. The summed E-state index contributed by atoms with van der Waals surface area (Å²) in [5.74, 6) is 0.250. The van der Waals surface area contributed by atoms with Crippen molar-refractivity contribution in [3.05, 3.63) is 29.8 Å². The van der Waals surface area contributed by atoms with Crippen LogP contribution < -0.4 is 11.1 Å². The molecule has 0 bridgehead atoms. The van der Waals surface area contributed by atoms with Gasteiger partial charge in [-0.3, -0.25) is 4.79 Å². The highest BCUT2D eigenvalue weighted by Gasteiger charge is 2.46. The molecule has 98 valence electrons. The first-order valence-electron chi connectivity index (χ1n) is 6.37. The third kappa shape index (κ3) is 3.23. The molecule has 18 heavy (non-hydrogen) atoms. The van der Waals surface area contributed by atoms with Crippen LogP contribution in [0.25, 0.3) is 0 Å². The zero-order valence-electron chi connectivity index (χ0n) is 10.6. The van der Waals surface area contributed by atoms with E-state index in [-0.39, 0.29) is 17.7 Å². The van der Waals surface area contributed by atoms with E-state index in [0.29, 0.717) is 0 Å². The molecule has 1 aliphatic rings. The molecule has 1 amide bonds. The van der Waals surface area contributed by atoms with Crippen molar-refractivity contribution in [2.75, 3.05) is 0 Å². The molecule has 0 spiro atoms. The van der Waals surface area contributed by atoms with Crippen molar-refractivity contribution in [1.82, 2.24) is 5.32 Å². The number of phenolic OH excluding ortho intramolecular Hbond substituents is 1. The van der Waals surface area contributed by atoms with Crippen LogP contribution in [0.15, 0.2) is 24.3 Å². The molecule has 1 fully saturated rings. The van der Waals surface area contributed by atoms with Crippen LogP contribution in [-0.2, 0) is 11.2 Å². The molecule has 1 saturated carbocycles. The summed E-state index contributed by atoms with van der Waals surface area (Å²) >= 11 is 0. The van der Waals surface area contributed by atoms with Gasteiger partial charge in [-0.1, -0.05) is 12.1 Å². The van der Waals surface area contributed by atoms with E-state index in [1.54, 1.807) is 12.1 Å². The van der Waals surface area contributed by atoms with Crippen molar-refractivity contribution in [2.24, 2.45) is 5.73 Å². The standard InChI is InChI=1S/C14H20N2O2/c1-10(16-13(18)14(15)8-9-14)2-3-11-4-6-12(17)7-5-11/h4-7,10,17H,2-3,8-9,15H2,1H3,(H,16,18). The van der Waals surface area contributed by atoms with Crippen molar-refractivity contribution in [3.63, 3.8) is 0 Å². The third-order valence-electron chi connectivity index (χ3n) is 3.42. The minimum absolute atomic E-state index is 0.0271. The lowest BCUT2D eigenvalue weighted by molar-refractivity contribution is -0.123. The van der Waals surface area contributed by atoms with Crippen LogP contribution in [-0.4, -0.2) is 22.6 Å². The second kappa shape index (κ2) is 4.98. The largest absolute Gasteiger partial charge is 0.508 e. The quantitative estimate of drug-likeness (QED) is 0.735. The average molecular weight is 248 g/mol. The van der Waals surface area contributed by atoms with Gasteiger partial charge in [0, 0.05) is 6.04 Å². The Balaban J connectivity index is 1.76. The molecule has 0 saturated heterocycles. The summed E-state index contributed by atoms with van der Waals surface area (Å²) in [5, 5.41) is 12.1. The molecule has 4 N–H and O–H groups in total. The summed E-state index contributed by atoms with van der Waals surface area (Å²) in [7, 11) is 0. The number of hydrogen-bond donors (Lipinski definition) is 3. The van der Waals surface area contributed by atoms with Crippen molar-refractivity contribution < 1.29 is 9.90 Å². The van der Waals surface area contributed by atoms with Gasteiger partial charge in [0.2, 0.25) is 5.91 Å². The van der Waals surface area contributed by atoms with Crippen molar-refractivity contribution in [2.45, 2.75) is 44.2 Å². The zero-order valence-corrected chi connectivity index (χ0v) is 10.6. The molecule has 0 heterocycles. The maximum atomic E-state index is 11.7. The van der Waals surface area contributed by atoms with Crippen LogP contribution in [0.2, 0.25) is 0 Å². The van der Waals surface area contributed by atoms with Gasteiger partial charge in [-0.15, -0.1) is 0 Å². The summed E-state index contributed by atoms with van der Waals surface area (Å²) in [6, 6.07) is 7.27. The lowest BCUT2D eigenvalue weighted by atomic mass is 10.1. The lowest BCUT2D eigenvalue weighted by Crippen LogP contribution is -2.46. The number of benzene rings is 1. The van der Waals surface area contributed by atoms with Gasteiger partial charge in [0.15, 0.2) is 0 Å². The number of amides is 1. The van der Waals surface area contributed by atoms with Crippen molar-refractivity contribution in [1.29, 1.82) is 0 Å². The van der Waals surface area contributed by atoms with E-state index >= 15 is 0 Å². The number of aryl methyl sites for hydroxylation is 1. The molecule has 4 heteroatoms. The Morgan fingerprint density at radius 2 is 2.06 bits per heavy atom. The molecule has 0 radical (unpaired) electrons. The fraction of sp³-hybridized carbons (Fsp3) is 0.500. The maximum absolute atomic E-state index is 11.7. The molecule has 1 aromatic rings. The highest BCUT2D eigenvalue weighted by Crippen LogP contribution is 2.32. The second-order valence-corrected chi connectivity index (χ2v) is 5.24. The number of aromatic hydroxyl groups is 1. The van der Waals surface area contributed by atoms with Crippen LogP contribution >= 0.6 is 0 Å². The SMILES string of the molecule is CC(CCc1ccc(O)cc1)NC(=O)C1(N)CC1. The number of nitrogens with two attached hydrogens (primary N) is 1. The first-order valence-corrected chi connectivity index (χ1v) is 6.37. The Morgan fingerprint density at radius 1 is 1.44 bits per heavy atom. The van der Waals surface area contributed by atoms with E-state index in [1.807, 2.05) is 19.1 Å². The van der Waals surface area contributed by atoms with Crippen molar-refractivity contribution in [3.8, 4) is 5.75 Å². The Kier molecular flexibility index (Phi) is 3.57. The maximum Gasteiger partial charge on any atom is 0.240 e. The predicted octanol–water partition coefficient (Wildman–Crippen LogP) is 1.32. The van der Waals surface area contributed by atoms with Gasteiger partial charge in [-0.05, 0) is 50.3 Å². The normalized spacial score (nSPS) is 18.1. The van der Waals surface area contributed by atoms with Gasteiger partial charge in [0.25, 0.3) is 0 Å². The summed E-state index contributed by atoms with van der Waals surface area (Å²) in [5.41, 5.74) is 6.39. The second-order valence-electron chi connectivity index (χ2n) is 5.24. The molecule has 2 rings (SSSR count). The van der Waals surface area contributed by atoms with Crippen LogP contribution in [0.3, 0.4) is 0 Å². The van der Waals surface area contributed by atoms with E-state index in [1.165, 1.54) is 0 Å². The Labute approximate surface area is 107 Å². The highest BCUT2D eigenvalue weighted by molar-refractivity contribution is 5.89. The summed E-state index contributed by atoms with van der Waals surface area (Å²) in [6.07, 6.45) is 3.33. The van der Waals surface area contributed by atoms with E-state index in [4.69, 9.17) is 5.73 Å². The number of carbonyl (C=O) groups excluding carboxylic acids is 1. The van der Waals surface area contributed by atoms with Gasteiger partial charge in [0.05, 0.1) is 5.54 Å². The van der Waals surface area contributed by atoms with Crippen LogP contribution in [0.1, 0.15) is 31.7 Å². The predicted molar refractivity (Wildman–Crippen MR) is 70.2 cm³/mol. The van der Waals surface area contributed by atoms with Gasteiger partial charge in [-0.2, -0.15) is 0 Å². The fourth-order valence-corrected chi connectivity index (χ4v) is 1.85. The van der Waals surface area contributed by atoms with Gasteiger partial charge in [0.1, 0.15) is 5.75 Å². The summed E-state index contributed by atoms with van der Waals surface area (Å²) < 4.78 is 0. The molecule has 1 aromatic carbocycles. The lowest BCUT2D eigenvalue weighted by Gasteiger charge is -2.16. The van der Waals surface area contributed by atoms with Crippen LogP contribution in [0, 0.1) is 0 Å². The zero-order chi connectivity index (χ0) is 13.2. The Morgan fingerprint density at radius 3 is 2.61 bits per heavy atom. The van der Waals surface area contributed by atoms with E-state index in [9.17, 15) is 9.90 Å².